The average Bonchev–Trinajstić information content (AvgIpc) is 1.98. The first-order chi connectivity index (χ1) is 5.83. The maximum absolute atomic E-state index is 5.55. The molecule has 1 aliphatic rings. The lowest BCUT2D eigenvalue weighted by Crippen LogP contribution is -2.40. The number of nitrogens with one attached hydrogen (secondary N) is 1. The molecule has 1 unspecified atom stereocenters. The third-order valence-electron chi connectivity index (χ3n) is 1.93. The van der Waals surface area contributed by atoms with Crippen molar-refractivity contribution in [3.05, 3.63) is 0 Å². The third kappa shape index (κ3) is 3.52. The van der Waals surface area contributed by atoms with Gasteiger partial charge < -0.3 is 14.8 Å². The van der Waals surface area contributed by atoms with Crippen molar-refractivity contribution in [2.75, 3.05) is 26.4 Å². The summed E-state index contributed by atoms with van der Waals surface area (Å²) >= 11 is 0. The Morgan fingerprint density at radius 2 is 2.33 bits per heavy atom. The first kappa shape index (κ1) is 9.96. The zero-order valence-corrected chi connectivity index (χ0v) is 8.01. The van der Waals surface area contributed by atoms with Gasteiger partial charge in [0.05, 0.1) is 19.8 Å². The normalized spacial score (nSPS) is 20.5. The molecule has 0 saturated carbocycles. The first-order valence-corrected chi connectivity index (χ1v) is 4.75. The van der Waals surface area contributed by atoms with Gasteiger partial charge in [0.25, 0.3) is 0 Å². The van der Waals surface area contributed by atoms with E-state index in [-0.39, 0.29) is 0 Å². The Bertz CT molecular complexity index is 115. The van der Waals surface area contributed by atoms with E-state index in [1.807, 2.05) is 0 Å². The van der Waals surface area contributed by atoms with E-state index in [4.69, 9.17) is 9.47 Å². The highest BCUT2D eigenvalue weighted by Crippen LogP contribution is 2.05. The molecule has 0 aromatic rings. The Morgan fingerprint density at radius 1 is 1.58 bits per heavy atom. The van der Waals surface area contributed by atoms with Gasteiger partial charge in [-0.2, -0.15) is 0 Å². The number of hydrogen-bond donors (Lipinski definition) is 1. The van der Waals surface area contributed by atoms with E-state index in [1.165, 1.54) is 6.42 Å². The van der Waals surface area contributed by atoms with Crippen molar-refractivity contribution in [2.24, 2.45) is 0 Å². The van der Waals surface area contributed by atoms with E-state index < -0.39 is 0 Å². The fraction of sp³-hybridized carbons (Fsp3) is 1.00. The van der Waals surface area contributed by atoms with Gasteiger partial charge in [0.15, 0.2) is 0 Å². The summed E-state index contributed by atoms with van der Waals surface area (Å²) in [6, 6.07) is 0.463. The lowest BCUT2D eigenvalue weighted by molar-refractivity contribution is -0.132. The minimum Gasteiger partial charge on any atom is -0.376 e. The Labute approximate surface area is 74.4 Å². The van der Waals surface area contributed by atoms with Gasteiger partial charge in [-0.25, -0.2) is 0 Å². The van der Waals surface area contributed by atoms with Crippen molar-refractivity contribution in [3.63, 3.8) is 0 Å². The second kappa shape index (κ2) is 5.51. The zero-order chi connectivity index (χ0) is 8.81. The van der Waals surface area contributed by atoms with Crippen LogP contribution in [-0.2, 0) is 9.47 Å². The summed E-state index contributed by atoms with van der Waals surface area (Å²) in [5.74, 6) is 0. The van der Waals surface area contributed by atoms with Gasteiger partial charge in [-0.15, -0.1) is 0 Å². The predicted molar refractivity (Wildman–Crippen MR) is 48.3 cm³/mol. The van der Waals surface area contributed by atoms with E-state index in [1.54, 1.807) is 0 Å². The minimum absolute atomic E-state index is 0.357. The maximum atomic E-state index is 5.55. The molecule has 1 heterocycles. The number of rotatable bonds is 6. The molecule has 0 radical (unpaired) electrons. The van der Waals surface area contributed by atoms with Crippen molar-refractivity contribution < 1.29 is 9.47 Å². The molecule has 0 bridgehead atoms. The van der Waals surface area contributed by atoms with Crippen LogP contribution in [0.15, 0.2) is 0 Å². The Morgan fingerprint density at radius 3 is 2.83 bits per heavy atom. The summed E-state index contributed by atoms with van der Waals surface area (Å²) in [5, 5.41) is 3.37. The molecule has 1 rings (SSSR count). The fourth-order valence-electron chi connectivity index (χ4n) is 1.04. The summed E-state index contributed by atoms with van der Waals surface area (Å²) < 4.78 is 10.6. The molecule has 1 fully saturated rings. The standard InChI is InChI=1S/C9H19NO2/c1-3-4-10-8(2)5-12-9-6-11-7-9/h8-10H,3-7H2,1-2H3. The fourth-order valence-corrected chi connectivity index (χ4v) is 1.04. The summed E-state index contributed by atoms with van der Waals surface area (Å²) in [6.07, 6.45) is 1.53. The van der Waals surface area contributed by atoms with Gasteiger partial charge in [0.2, 0.25) is 0 Å². The SMILES string of the molecule is CCCNC(C)COC1COC1. The van der Waals surface area contributed by atoms with Gasteiger partial charge >= 0.3 is 0 Å². The molecule has 0 aromatic carbocycles. The molecule has 1 aliphatic heterocycles. The molecular weight excluding hydrogens is 154 g/mol. The molecule has 1 atom stereocenters. The quantitative estimate of drug-likeness (QED) is 0.644. The van der Waals surface area contributed by atoms with Crippen LogP contribution in [0.4, 0.5) is 0 Å². The monoisotopic (exact) mass is 173 g/mol. The summed E-state index contributed by atoms with van der Waals surface area (Å²) in [6.45, 7) is 7.75. The lowest BCUT2D eigenvalue weighted by Gasteiger charge is -2.27. The van der Waals surface area contributed by atoms with E-state index in [9.17, 15) is 0 Å². The molecule has 12 heavy (non-hydrogen) atoms. The second-order valence-electron chi connectivity index (χ2n) is 3.35. The molecule has 0 aromatic heterocycles. The van der Waals surface area contributed by atoms with Crippen LogP contribution in [0.5, 0.6) is 0 Å². The van der Waals surface area contributed by atoms with Crippen molar-refractivity contribution >= 4 is 0 Å². The van der Waals surface area contributed by atoms with Crippen LogP contribution in [-0.4, -0.2) is 38.5 Å². The minimum atomic E-state index is 0.357. The van der Waals surface area contributed by atoms with E-state index in [0.29, 0.717) is 12.1 Å². The van der Waals surface area contributed by atoms with Crippen LogP contribution in [0, 0.1) is 0 Å². The van der Waals surface area contributed by atoms with Crippen molar-refractivity contribution in [1.82, 2.24) is 5.32 Å². The smallest absolute Gasteiger partial charge is 0.104 e. The molecule has 0 amide bonds. The first-order valence-electron chi connectivity index (χ1n) is 4.75. The van der Waals surface area contributed by atoms with Crippen LogP contribution in [0.2, 0.25) is 0 Å². The molecule has 1 saturated heterocycles. The van der Waals surface area contributed by atoms with Crippen LogP contribution < -0.4 is 5.32 Å². The van der Waals surface area contributed by atoms with E-state index in [0.717, 1.165) is 26.4 Å². The Kier molecular flexibility index (Phi) is 4.58. The summed E-state index contributed by atoms with van der Waals surface area (Å²) in [5.41, 5.74) is 0. The number of hydrogen-bond acceptors (Lipinski definition) is 3. The van der Waals surface area contributed by atoms with E-state index in [2.05, 4.69) is 19.2 Å². The molecule has 0 spiro atoms. The van der Waals surface area contributed by atoms with Crippen LogP contribution in [0.25, 0.3) is 0 Å². The molecule has 0 aliphatic carbocycles. The Hall–Kier alpha value is -0.120. The average molecular weight is 173 g/mol. The molecule has 3 heteroatoms. The number of ether oxygens (including phenoxy) is 2. The van der Waals surface area contributed by atoms with E-state index >= 15 is 0 Å². The van der Waals surface area contributed by atoms with Gasteiger partial charge in [-0.05, 0) is 19.9 Å². The zero-order valence-electron chi connectivity index (χ0n) is 8.01. The maximum Gasteiger partial charge on any atom is 0.104 e. The molecule has 3 nitrogen and oxygen atoms in total. The van der Waals surface area contributed by atoms with Gasteiger partial charge in [-0.1, -0.05) is 6.92 Å². The summed E-state index contributed by atoms with van der Waals surface area (Å²) in [4.78, 5) is 0. The summed E-state index contributed by atoms with van der Waals surface area (Å²) in [7, 11) is 0. The Balaban J connectivity index is 1.90. The highest BCUT2D eigenvalue weighted by atomic mass is 16.6. The predicted octanol–water partition coefficient (Wildman–Crippen LogP) is 0.790. The van der Waals surface area contributed by atoms with Crippen LogP contribution in [0.3, 0.4) is 0 Å². The van der Waals surface area contributed by atoms with Crippen LogP contribution >= 0.6 is 0 Å². The van der Waals surface area contributed by atoms with Crippen molar-refractivity contribution in [3.8, 4) is 0 Å². The van der Waals surface area contributed by atoms with Gasteiger partial charge in [0.1, 0.15) is 6.10 Å². The second-order valence-corrected chi connectivity index (χ2v) is 3.35. The topological polar surface area (TPSA) is 30.5 Å². The molecule has 72 valence electrons. The third-order valence-corrected chi connectivity index (χ3v) is 1.93. The van der Waals surface area contributed by atoms with Crippen molar-refractivity contribution in [2.45, 2.75) is 32.4 Å². The highest BCUT2D eigenvalue weighted by molar-refractivity contribution is 4.66. The van der Waals surface area contributed by atoms with Crippen LogP contribution in [0.1, 0.15) is 20.3 Å². The van der Waals surface area contributed by atoms with Crippen molar-refractivity contribution in [1.29, 1.82) is 0 Å². The van der Waals surface area contributed by atoms with Gasteiger partial charge in [-0.3, -0.25) is 0 Å². The lowest BCUT2D eigenvalue weighted by atomic mass is 10.3. The molecular formula is C9H19NO2. The van der Waals surface area contributed by atoms with Gasteiger partial charge in [0, 0.05) is 6.04 Å². The highest BCUT2D eigenvalue weighted by Gasteiger charge is 2.19. The molecule has 1 N–H and O–H groups in total. The largest absolute Gasteiger partial charge is 0.376 e.